The molecule has 3 aromatic rings. The number of thioether (sulfide) groups is 1. The molecule has 10 heteroatoms. The molecule has 4 rings (SSSR count). The summed E-state index contributed by atoms with van der Waals surface area (Å²) in [5.74, 6) is 0.457. The first-order chi connectivity index (χ1) is 16.4. The second-order valence-corrected chi connectivity index (χ2v) is 11.4. The summed E-state index contributed by atoms with van der Waals surface area (Å²) < 4.78 is 7.27. The molecule has 7 nitrogen and oxygen atoms in total. The zero-order valence-electron chi connectivity index (χ0n) is 20.0. The van der Waals surface area contributed by atoms with Crippen LogP contribution in [0, 0.1) is 0 Å². The molecule has 0 fully saturated rings. The maximum atomic E-state index is 12.8. The second-order valence-electron chi connectivity index (χ2n) is 8.39. The molecule has 3 aromatic heterocycles. The summed E-state index contributed by atoms with van der Waals surface area (Å²) in [5.41, 5.74) is 3.01. The van der Waals surface area contributed by atoms with E-state index in [-0.39, 0.29) is 17.7 Å². The van der Waals surface area contributed by atoms with Crippen LogP contribution in [0.2, 0.25) is 0 Å². The summed E-state index contributed by atoms with van der Waals surface area (Å²) in [5, 5.41) is 15.3. The third kappa shape index (κ3) is 5.23. The number of carbonyl (C=O) groups is 2. The lowest BCUT2D eigenvalue weighted by atomic mass is 9.95. The van der Waals surface area contributed by atoms with E-state index in [4.69, 9.17) is 4.74 Å². The molecular weight excluding hydrogens is 488 g/mol. The van der Waals surface area contributed by atoms with Crippen LogP contribution in [-0.2, 0) is 28.8 Å². The van der Waals surface area contributed by atoms with Gasteiger partial charge in [-0.05, 0) is 64.5 Å². The largest absolute Gasteiger partial charge is 0.462 e. The molecule has 1 aliphatic rings. The van der Waals surface area contributed by atoms with Crippen LogP contribution < -0.4 is 5.32 Å². The number of nitrogens with zero attached hydrogens (tertiary/aromatic N) is 3. The van der Waals surface area contributed by atoms with Crippen LogP contribution in [0.3, 0.4) is 0 Å². The molecule has 0 saturated carbocycles. The number of thiophene rings is 2. The Bertz CT molecular complexity index is 1180. The van der Waals surface area contributed by atoms with Crippen molar-refractivity contribution in [1.82, 2.24) is 14.8 Å². The monoisotopic (exact) mass is 518 g/mol. The minimum atomic E-state index is -0.412. The molecule has 0 bridgehead atoms. The minimum Gasteiger partial charge on any atom is -0.462 e. The Balaban J connectivity index is 1.49. The highest BCUT2D eigenvalue weighted by Gasteiger charge is 2.24. The van der Waals surface area contributed by atoms with Gasteiger partial charge in [0.1, 0.15) is 5.00 Å². The fourth-order valence-corrected chi connectivity index (χ4v) is 7.06. The Labute approximate surface area is 212 Å². The van der Waals surface area contributed by atoms with Gasteiger partial charge >= 0.3 is 5.97 Å². The smallest absolute Gasteiger partial charge is 0.341 e. The van der Waals surface area contributed by atoms with Gasteiger partial charge in [0.2, 0.25) is 5.91 Å². The highest BCUT2D eigenvalue weighted by atomic mass is 32.2. The van der Waals surface area contributed by atoms with Crippen molar-refractivity contribution in [2.24, 2.45) is 0 Å². The number of carbonyl (C=O) groups excluding carboxylic acids is 2. The average Bonchev–Trinajstić information content (AvgIpc) is 3.53. The van der Waals surface area contributed by atoms with Crippen molar-refractivity contribution in [2.45, 2.75) is 71.0 Å². The molecule has 182 valence electrons. The summed E-state index contributed by atoms with van der Waals surface area (Å²) in [7, 11) is 0. The molecule has 0 unspecified atom stereocenters. The van der Waals surface area contributed by atoms with Crippen molar-refractivity contribution in [2.75, 3.05) is 17.7 Å². The van der Waals surface area contributed by atoms with E-state index in [2.05, 4.69) is 39.3 Å². The lowest BCUT2D eigenvalue weighted by molar-refractivity contribution is -0.113. The highest BCUT2D eigenvalue weighted by Crippen LogP contribution is 2.38. The fraction of sp³-hybridized carbons (Fsp3) is 0.500. The Kier molecular flexibility index (Phi) is 8.10. The van der Waals surface area contributed by atoms with Crippen molar-refractivity contribution in [1.29, 1.82) is 0 Å². The number of esters is 1. The van der Waals surface area contributed by atoms with Crippen molar-refractivity contribution < 1.29 is 14.3 Å². The summed E-state index contributed by atoms with van der Waals surface area (Å²) in [6.45, 7) is 8.30. The molecule has 0 atom stereocenters. The van der Waals surface area contributed by atoms with E-state index in [1.165, 1.54) is 51.9 Å². The molecule has 0 aromatic carbocycles. The van der Waals surface area contributed by atoms with Crippen molar-refractivity contribution in [3.05, 3.63) is 32.3 Å². The average molecular weight is 519 g/mol. The third-order valence-corrected chi connectivity index (χ3v) is 8.92. The van der Waals surface area contributed by atoms with Crippen LogP contribution in [0.1, 0.15) is 72.3 Å². The number of aromatic nitrogens is 3. The van der Waals surface area contributed by atoms with Gasteiger partial charge in [0.05, 0.1) is 17.9 Å². The van der Waals surface area contributed by atoms with E-state index in [1.54, 1.807) is 13.0 Å². The fourth-order valence-electron chi connectivity index (χ4n) is 4.07. The molecule has 1 aliphatic carbocycles. The molecule has 0 saturated heterocycles. The van der Waals surface area contributed by atoms with Crippen molar-refractivity contribution in [3.63, 3.8) is 0 Å². The van der Waals surface area contributed by atoms with Crippen LogP contribution >= 0.6 is 34.4 Å². The molecule has 0 radical (unpaired) electrons. The van der Waals surface area contributed by atoms with Gasteiger partial charge < -0.3 is 10.1 Å². The van der Waals surface area contributed by atoms with E-state index < -0.39 is 5.97 Å². The van der Waals surface area contributed by atoms with Gasteiger partial charge in [-0.1, -0.05) is 18.7 Å². The number of ether oxygens (including phenoxy) is 1. The van der Waals surface area contributed by atoms with Gasteiger partial charge in [-0.25, -0.2) is 4.79 Å². The Morgan fingerprint density at radius 3 is 2.76 bits per heavy atom. The zero-order valence-corrected chi connectivity index (χ0v) is 22.4. The quantitative estimate of drug-likeness (QED) is 0.276. The maximum absolute atomic E-state index is 12.8. The number of rotatable bonds is 9. The first-order valence-electron chi connectivity index (χ1n) is 11.7. The van der Waals surface area contributed by atoms with Crippen LogP contribution in [-0.4, -0.2) is 39.0 Å². The first-order valence-corrected chi connectivity index (χ1v) is 14.4. The topological polar surface area (TPSA) is 86.1 Å². The van der Waals surface area contributed by atoms with Crippen molar-refractivity contribution in [3.8, 4) is 11.4 Å². The normalized spacial score (nSPS) is 13.2. The number of amides is 1. The predicted octanol–water partition coefficient (Wildman–Crippen LogP) is 6.00. The highest BCUT2D eigenvalue weighted by molar-refractivity contribution is 7.99. The Hall–Kier alpha value is -2.17. The number of hydrogen-bond donors (Lipinski definition) is 1. The second kappa shape index (κ2) is 11.0. The third-order valence-electron chi connectivity index (χ3n) is 5.70. The number of fused-ring (bicyclic) bond motifs is 1. The van der Waals surface area contributed by atoms with E-state index in [1.807, 2.05) is 18.3 Å². The number of aryl methyl sites for hydroxylation is 2. The first kappa shape index (κ1) is 24.9. The van der Waals surface area contributed by atoms with E-state index in [0.29, 0.717) is 17.2 Å². The van der Waals surface area contributed by atoms with Gasteiger partial charge in [0.25, 0.3) is 0 Å². The van der Waals surface area contributed by atoms with Crippen molar-refractivity contribution >= 4 is 51.3 Å². The summed E-state index contributed by atoms with van der Waals surface area (Å²) in [4.78, 5) is 27.6. The molecule has 3 heterocycles. The summed E-state index contributed by atoms with van der Waals surface area (Å²) in [6.07, 6.45) is 5.49. The molecule has 0 aliphatic heterocycles. The standard InChI is InChI=1S/C24H30N4O3S3/c1-5-15-11-17(23(30)31-6-2)22(34-15)25-20(29)13-33-24-27-26-21(28(24)14(3)4)18-12-32-19-10-8-7-9-16(18)19/h11-12,14H,5-10,13H2,1-4H3,(H,25,29). The SMILES string of the molecule is CCOC(=O)c1cc(CC)sc1NC(=O)CSc1nnc(-c2csc3c2CCCC3)n1C(C)C. The summed E-state index contributed by atoms with van der Waals surface area (Å²) >= 11 is 4.60. The summed E-state index contributed by atoms with van der Waals surface area (Å²) in [6, 6.07) is 1.96. The molecular formula is C24H30N4O3S3. The van der Waals surface area contributed by atoms with E-state index in [9.17, 15) is 9.59 Å². The molecule has 34 heavy (non-hydrogen) atoms. The number of hydrogen-bond acceptors (Lipinski definition) is 8. The predicted molar refractivity (Wildman–Crippen MR) is 139 cm³/mol. The lowest BCUT2D eigenvalue weighted by Crippen LogP contribution is -2.16. The van der Waals surface area contributed by atoms with Gasteiger partial charge in [-0.15, -0.1) is 32.9 Å². The lowest BCUT2D eigenvalue weighted by Gasteiger charge is -2.16. The van der Waals surface area contributed by atoms with Gasteiger partial charge in [0.15, 0.2) is 11.0 Å². The number of anilines is 1. The Morgan fingerprint density at radius 1 is 1.24 bits per heavy atom. The number of nitrogens with one attached hydrogen (secondary N) is 1. The van der Waals surface area contributed by atoms with E-state index >= 15 is 0 Å². The molecule has 1 N–H and O–H groups in total. The van der Waals surface area contributed by atoms with Crippen LogP contribution in [0.15, 0.2) is 16.6 Å². The van der Waals surface area contributed by atoms with Gasteiger partial charge in [0, 0.05) is 26.7 Å². The van der Waals surface area contributed by atoms with Crippen LogP contribution in [0.25, 0.3) is 11.4 Å². The Morgan fingerprint density at radius 2 is 2.03 bits per heavy atom. The zero-order chi connectivity index (χ0) is 24.2. The minimum absolute atomic E-state index is 0.162. The maximum Gasteiger partial charge on any atom is 0.341 e. The molecule has 0 spiro atoms. The van der Waals surface area contributed by atoms with Crippen LogP contribution in [0.4, 0.5) is 5.00 Å². The van der Waals surface area contributed by atoms with Crippen LogP contribution in [0.5, 0.6) is 0 Å². The van der Waals surface area contributed by atoms with E-state index in [0.717, 1.165) is 35.1 Å². The van der Waals surface area contributed by atoms with Gasteiger partial charge in [-0.3, -0.25) is 9.36 Å². The van der Waals surface area contributed by atoms with Gasteiger partial charge in [-0.2, -0.15) is 0 Å². The molecule has 1 amide bonds.